The number of carbonyl (C=O) groups excluding carboxylic acids is 1. The maximum Gasteiger partial charge on any atom is 0.434 e. The molecule has 1 unspecified atom stereocenters. The molecule has 2 rings (SSSR count). The fourth-order valence-electron chi connectivity index (χ4n) is 2.25. The van der Waals surface area contributed by atoms with Crippen molar-refractivity contribution in [3.05, 3.63) is 41.7 Å². The van der Waals surface area contributed by atoms with Crippen molar-refractivity contribution in [2.24, 2.45) is 0 Å². The fraction of sp³-hybridized carbons (Fsp3) is 0.312. The third kappa shape index (κ3) is 4.57. The number of anilines is 1. The Balaban J connectivity index is 2.37. The molecule has 0 spiro atoms. The summed E-state index contributed by atoms with van der Waals surface area (Å²) in [4.78, 5) is 23.0. The largest absolute Gasteiger partial charge is 0.478 e. The summed E-state index contributed by atoms with van der Waals surface area (Å²) in [6.07, 6.45) is -2.13. The number of amides is 1. The zero-order valence-corrected chi connectivity index (χ0v) is 14.7. The van der Waals surface area contributed by atoms with Crippen LogP contribution in [0, 0.1) is 0 Å². The van der Waals surface area contributed by atoms with Gasteiger partial charge in [0, 0.05) is 17.4 Å². The van der Waals surface area contributed by atoms with Gasteiger partial charge >= 0.3 is 12.1 Å². The topological polar surface area (TPSA) is 84.2 Å². The van der Waals surface area contributed by atoms with Crippen molar-refractivity contribution >= 4 is 29.3 Å². The van der Waals surface area contributed by atoms with Crippen LogP contribution in [0.2, 0.25) is 0 Å². The van der Waals surface area contributed by atoms with Crippen LogP contribution in [-0.2, 0) is 11.0 Å². The third-order valence-corrected chi connectivity index (χ3v) is 4.49. The van der Waals surface area contributed by atoms with E-state index in [1.807, 2.05) is 13.2 Å². The maximum atomic E-state index is 13.3. The Morgan fingerprint density at radius 3 is 2.65 bits per heavy atom. The number of benzene rings is 1. The number of hydrogen-bond donors (Lipinski definition) is 2. The summed E-state index contributed by atoms with van der Waals surface area (Å²) in [5.74, 6) is -1.99. The first-order valence-corrected chi connectivity index (χ1v) is 8.74. The Hall–Kier alpha value is -2.49. The van der Waals surface area contributed by atoms with Gasteiger partial charge in [0.05, 0.1) is 11.9 Å². The number of thioether (sulfide) groups is 1. The van der Waals surface area contributed by atoms with E-state index in [0.717, 1.165) is 0 Å². The van der Waals surface area contributed by atoms with E-state index in [1.54, 1.807) is 0 Å². The number of rotatable bonds is 6. The van der Waals surface area contributed by atoms with E-state index in [4.69, 9.17) is 5.11 Å². The van der Waals surface area contributed by atoms with Crippen molar-refractivity contribution in [3.63, 3.8) is 0 Å². The minimum absolute atomic E-state index is 0.0134. The molecule has 0 aliphatic carbocycles. The van der Waals surface area contributed by atoms with Gasteiger partial charge in [-0.25, -0.2) is 9.48 Å². The van der Waals surface area contributed by atoms with Crippen molar-refractivity contribution in [2.45, 2.75) is 24.8 Å². The molecule has 1 aromatic heterocycles. The van der Waals surface area contributed by atoms with E-state index in [2.05, 4.69) is 10.4 Å². The summed E-state index contributed by atoms with van der Waals surface area (Å²) in [5, 5.41) is 15.2. The van der Waals surface area contributed by atoms with Crippen LogP contribution in [0.25, 0.3) is 5.69 Å². The molecule has 1 atom stereocenters. The summed E-state index contributed by atoms with van der Waals surface area (Å²) in [6.45, 7) is 1.88. The van der Waals surface area contributed by atoms with Crippen molar-refractivity contribution < 1.29 is 27.9 Å². The number of carboxylic acid groups (broad SMARTS) is 1. The smallest absolute Gasteiger partial charge is 0.434 e. The molecule has 0 saturated heterocycles. The maximum absolute atomic E-state index is 13.3. The monoisotopic (exact) mass is 387 g/mol. The van der Waals surface area contributed by atoms with Crippen LogP contribution in [0.15, 0.2) is 30.5 Å². The lowest BCUT2D eigenvalue weighted by Gasteiger charge is -2.13. The molecular formula is C16H16F3N3O3S. The molecule has 1 aromatic carbocycles. The highest BCUT2D eigenvalue weighted by atomic mass is 32.2. The molecular weight excluding hydrogens is 371 g/mol. The van der Waals surface area contributed by atoms with Crippen LogP contribution in [0.3, 0.4) is 0 Å². The van der Waals surface area contributed by atoms with Gasteiger partial charge in [-0.05, 0) is 24.5 Å². The Kier molecular flexibility index (Phi) is 5.96. The van der Waals surface area contributed by atoms with Gasteiger partial charge in [0.1, 0.15) is 5.56 Å². The molecule has 1 amide bonds. The zero-order chi connectivity index (χ0) is 19.5. The number of carboxylic acids is 1. The van der Waals surface area contributed by atoms with Gasteiger partial charge < -0.3 is 10.4 Å². The molecule has 140 valence electrons. The number of aromatic nitrogens is 2. The van der Waals surface area contributed by atoms with Gasteiger partial charge in [-0.1, -0.05) is 13.0 Å². The summed E-state index contributed by atoms with van der Waals surface area (Å²) in [7, 11) is 0. The number of nitrogens with one attached hydrogen (secondary N) is 1. The van der Waals surface area contributed by atoms with Crippen LogP contribution in [0.4, 0.5) is 18.9 Å². The minimum atomic E-state index is -4.91. The predicted molar refractivity (Wildman–Crippen MR) is 91.7 cm³/mol. The van der Waals surface area contributed by atoms with Crippen molar-refractivity contribution in [3.8, 4) is 5.69 Å². The molecule has 0 aliphatic rings. The van der Waals surface area contributed by atoms with E-state index in [0.29, 0.717) is 16.6 Å². The molecule has 0 fully saturated rings. The van der Waals surface area contributed by atoms with Crippen LogP contribution < -0.4 is 5.32 Å². The molecule has 26 heavy (non-hydrogen) atoms. The summed E-state index contributed by atoms with van der Waals surface area (Å²) < 4.78 is 40.4. The second kappa shape index (κ2) is 7.81. The number of nitrogens with zero attached hydrogens (tertiary/aromatic N) is 2. The van der Waals surface area contributed by atoms with Gasteiger partial charge in [0.2, 0.25) is 5.91 Å². The number of carbonyl (C=O) groups is 2. The van der Waals surface area contributed by atoms with Gasteiger partial charge in [-0.3, -0.25) is 4.79 Å². The molecule has 0 radical (unpaired) electrons. The molecule has 0 saturated carbocycles. The van der Waals surface area contributed by atoms with E-state index in [9.17, 15) is 22.8 Å². The normalized spacial score (nSPS) is 12.7. The van der Waals surface area contributed by atoms with Crippen LogP contribution in [0.1, 0.15) is 29.4 Å². The fourth-order valence-corrected chi connectivity index (χ4v) is 2.56. The zero-order valence-electron chi connectivity index (χ0n) is 13.9. The number of aromatic carboxylic acids is 1. The first kappa shape index (κ1) is 19.8. The van der Waals surface area contributed by atoms with Crippen LogP contribution in [-0.4, -0.2) is 38.3 Å². The van der Waals surface area contributed by atoms with Crippen LogP contribution in [0.5, 0.6) is 0 Å². The SMILES string of the molecule is CSC(C)CC(=O)Nc1cccc(-n2ncc(C(=O)O)c2C(F)(F)F)c1. The van der Waals surface area contributed by atoms with E-state index in [-0.39, 0.29) is 23.3 Å². The lowest BCUT2D eigenvalue weighted by molar-refractivity contribution is -0.143. The first-order chi connectivity index (χ1) is 12.1. The minimum Gasteiger partial charge on any atom is -0.478 e. The second-order valence-corrected chi connectivity index (χ2v) is 6.75. The Labute approximate surface area is 151 Å². The standard InChI is InChI=1S/C16H16F3N3O3S/c1-9(26-2)6-13(23)21-10-4-3-5-11(7-10)22-14(16(17,18)19)12(8-20-22)15(24)25/h3-5,7-9H,6H2,1-2H3,(H,21,23)(H,24,25). The van der Waals surface area contributed by atoms with Gasteiger partial charge in [-0.2, -0.15) is 30.0 Å². The Bertz CT molecular complexity index is 821. The molecule has 10 heteroatoms. The van der Waals surface area contributed by atoms with E-state index < -0.39 is 23.4 Å². The highest BCUT2D eigenvalue weighted by molar-refractivity contribution is 7.99. The number of alkyl halides is 3. The average Bonchev–Trinajstić information content (AvgIpc) is 3.00. The third-order valence-electron chi connectivity index (χ3n) is 3.52. The Morgan fingerprint density at radius 1 is 1.38 bits per heavy atom. The highest BCUT2D eigenvalue weighted by Crippen LogP contribution is 2.34. The highest BCUT2D eigenvalue weighted by Gasteiger charge is 2.40. The summed E-state index contributed by atoms with van der Waals surface area (Å²) in [5.41, 5.74) is -2.05. The van der Waals surface area contributed by atoms with E-state index in [1.165, 1.54) is 36.0 Å². The Morgan fingerprint density at radius 2 is 2.08 bits per heavy atom. The lowest BCUT2D eigenvalue weighted by atomic mass is 10.2. The first-order valence-electron chi connectivity index (χ1n) is 7.45. The molecule has 1 heterocycles. The molecule has 6 nitrogen and oxygen atoms in total. The van der Waals surface area contributed by atoms with Crippen molar-refractivity contribution in [1.82, 2.24) is 9.78 Å². The van der Waals surface area contributed by atoms with Crippen molar-refractivity contribution in [2.75, 3.05) is 11.6 Å². The molecule has 2 aromatic rings. The van der Waals surface area contributed by atoms with Gasteiger partial charge in [-0.15, -0.1) is 0 Å². The summed E-state index contributed by atoms with van der Waals surface area (Å²) in [6, 6.07) is 5.62. The summed E-state index contributed by atoms with van der Waals surface area (Å²) >= 11 is 1.52. The van der Waals surface area contributed by atoms with Gasteiger partial charge in [0.15, 0.2) is 5.69 Å². The molecule has 0 bridgehead atoms. The van der Waals surface area contributed by atoms with Crippen molar-refractivity contribution in [1.29, 1.82) is 0 Å². The lowest BCUT2D eigenvalue weighted by Crippen LogP contribution is -2.18. The second-order valence-electron chi connectivity index (χ2n) is 5.47. The quantitative estimate of drug-likeness (QED) is 0.790. The van der Waals surface area contributed by atoms with E-state index >= 15 is 0 Å². The number of hydrogen-bond acceptors (Lipinski definition) is 4. The molecule has 2 N–H and O–H groups in total. The van der Waals surface area contributed by atoms with Crippen LogP contribution >= 0.6 is 11.8 Å². The number of halogens is 3. The van der Waals surface area contributed by atoms with Gasteiger partial charge in [0.25, 0.3) is 0 Å². The average molecular weight is 387 g/mol. The molecule has 0 aliphatic heterocycles. The predicted octanol–water partition coefficient (Wildman–Crippen LogP) is 3.67.